The number of para-hydroxylation sites is 1. The minimum Gasteiger partial charge on any atom is -0.493 e. The van der Waals surface area contributed by atoms with E-state index in [-0.39, 0.29) is 5.69 Å². The van der Waals surface area contributed by atoms with Crippen LogP contribution in [0.2, 0.25) is 0 Å². The van der Waals surface area contributed by atoms with Gasteiger partial charge in [0.25, 0.3) is 0 Å². The Labute approximate surface area is 207 Å². The lowest BCUT2D eigenvalue weighted by molar-refractivity contribution is -0.666. The van der Waals surface area contributed by atoms with Crippen molar-refractivity contribution in [2.75, 3.05) is 6.61 Å². The summed E-state index contributed by atoms with van der Waals surface area (Å²) in [4.78, 5) is 16.3. The highest BCUT2D eigenvalue weighted by Gasteiger charge is 2.28. The van der Waals surface area contributed by atoms with Gasteiger partial charge in [-0.25, -0.2) is 9.78 Å². The van der Waals surface area contributed by atoms with Crippen LogP contribution in [0.3, 0.4) is 0 Å². The zero-order valence-electron chi connectivity index (χ0n) is 19.7. The van der Waals surface area contributed by atoms with E-state index in [0.29, 0.717) is 31.0 Å². The fourth-order valence-corrected chi connectivity index (χ4v) is 3.98. The Morgan fingerprint density at radius 2 is 1.69 bits per heavy atom. The van der Waals surface area contributed by atoms with Gasteiger partial charge in [-0.05, 0) is 48.9 Å². The number of aryl methyl sites for hydroxylation is 1. The second kappa shape index (κ2) is 10.3. The summed E-state index contributed by atoms with van der Waals surface area (Å²) in [6, 6.07) is 26.9. The maximum Gasteiger partial charge on any atom is 0.387 e. The number of aromatic carboxylic acids is 1. The Hall–Kier alpha value is -4.72. The number of oxazole rings is 1. The van der Waals surface area contributed by atoms with E-state index in [9.17, 15) is 9.90 Å². The number of rotatable bonds is 9. The van der Waals surface area contributed by atoms with Crippen molar-refractivity contribution < 1.29 is 23.7 Å². The third-order valence-corrected chi connectivity index (χ3v) is 5.84. The van der Waals surface area contributed by atoms with Crippen LogP contribution in [0.15, 0.2) is 89.3 Å². The van der Waals surface area contributed by atoms with Crippen LogP contribution in [-0.4, -0.2) is 33.0 Å². The van der Waals surface area contributed by atoms with E-state index < -0.39 is 5.97 Å². The van der Waals surface area contributed by atoms with Gasteiger partial charge in [0.05, 0.1) is 17.4 Å². The number of nitrogens with zero attached hydrogens (tertiary/aromatic N) is 3. The maximum absolute atomic E-state index is 11.7. The SMILES string of the molecule is Cc1oc(-c2ccccc2)nc1CCOc1ccc(Cc2c(C(=O)O)n[nH][n+]2-c2ccccc2)cc1. The molecule has 3 aromatic carbocycles. The quantitative estimate of drug-likeness (QED) is 0.299. The number of carboxylic acids is 1. The number of hydrogen-bond acceptors (Lipinski definition) is 5. The second-order valence-electron chi connectivity index (χ2n) is 8.29. The molecule has 0 spiro atoms. The standard InChI is InChI=1S/C28H24N4O4/c1-19-24(29-27(36-19)21-8-4-2-5-9-21)16-17-35-23-14-12-20(13-15-23)18-25-26(28(33)34)30-31-32(25)22-10-6-3-7-11-22/h2-15H,16-18H2,1H3,(H,33,34)/p+1. The van der Waals surface area contributed by atoms with Gasteiger partial charge in [0.2, 0.25) is 5.89 Å². The molecule has 5 rings (SSSR count). The van der Waals surface area contributed by atoms with E-state index in [2.05, 4.69) is 15.3 Å². The number of benzene rings is 3. The normalized spacial score (nSPS) is 10.9. The van der Waals surface area contributed by atoms with Gasteiger partial charge < -0.3 is 14.3 Å². The van der Waals surface area contributed by atoms with Crippen molar-refractivity contribution in [3.05, 3.63) is 113 Å². The third kappa shape index (κ3) is 5.02. The summed E-state index contributed by atoms with van der Waals surface area (Å²) in [5.41, 5.74) is 4.13. The van der Waals surface area contributed by atoms with E-state index in [1.165, 1.54) is 0 Å². The Kier molecular flexibility index (Phi) is 6.57. The second-order valence-corrected chi connectivity index (χ2v) is 8.29. The van der Waals surface area contributed by atoms with Crippen LogP contribution in [0.1, 0.15) is 33.2 Å². The van der Waals surface area contributed by atoms with E-state index in [1.54, 1.807) is 4.68 Å². The highest BCUT2D eigenvalue weighted by molar-refractivity contribution is 5.86. The zero-order chi connectivity index (χ0) is 24.9. The topological polar surface area (TPSA) is 105 Å². The molecule has 2 heterocycles. The number of nitrogens with one attached hydrogen (secondary N) is 1. The van der Waals surface area contributed by atoms with Crippen molar-refractivity contribution in [1.29, 1.82) is 0 Å². The molecule has 2 N–H and O–H groups in total. The molecule has 0 saturated heterocycles. The molecule has 36 heavy (non-hydrogen) atoms. The summed E-state index contributed by atoms with van der Waals surface area (Å²) >= 11 is 0. The molecule has 0 radical (unpaired) electrons. The molecule has 5 aromatic rings. The Morgan fingerprint density at radius 3 is 2.39 bits per heavy atom. The smallest absolute Gasteiger partial charge is 0.387 e. The molecule has 0 aliphatic heterocycles. The first-order valence-electron chi connectivity index (χ1n) is 11.6. The third-order valence-electron chi connectivity index (χ3n) is 5.84. The molecule has 180 valence electrons. The molecule has 2 aromatic heterocycles. The molecule has 0 unspecified atom stereocenters. The molecule has 0 fully saturated rings. The number of carbonyl (C=O) groups is 1. The lowest BCUT2D eigenvalue weighted by Crippen LogP contribution is -2.37. The largest absolute Gasteiger partial charge is 0.493 e. The van der Waals surface area contributed by atoms with Crippen molar-refractivity contribution in [2.24, 2.45) is 0 Å². The molecular formula is C28H25N4O4+. The molecule has 0 bridgehead atoms. The first-order chi connectivity index (χ1) is 17.6. The molecule has 0 saturated carbocycles. The Balaban J connectivity index is 1.24. The van der Waals surface area contributed by atoms with E-state index in [1.807, 2.05) is 91.9 Å². The highest BCUT2D eigenvalue weighted by atomic mass is 16.5. The van der Waals surface area contributed by atoms with Gasteiger partial charge in [-0.15, -0.1) is 4.68 Å². The summed E-state index contributed by atoms with van der Waals surface area (Å²) in [5, 5.41) is 16.4. The van der Waals surface area contributed by atoms with Gasteiger partial charge in [-0.2, -0.15) is 0 Å². The first kappa shape index (κ1) is 23.0. The van der Waals surface area contributed by atoms with Gasteiger partial charge in [-0.3, -0.25) is 0 Å². The van der Waals surface area contributed by atoms with Crippen molar-refractivity contribution in [3.8, 4) is 22.9 Å². The van der Waals surface area contributed by atoms with Gasteiger partial charge in [0, 0.05) is 18.4 Å². The average Bonchev–Trinajstić information content (AvgIpc) is 3.50. The van der Waals surface area contributed by atoms with E-state index in [0.717, 1.165) is 34.0 Å². The molecule has 0 aliphatic rings. The monoisotopic (exact) mass is 481 g/mol. The van der Waals surface area contributed by atoms with Crippen LogP contribution in [0.4, 0.5) is 0 Å². The summed E-state index contributed by atoms with van der Waals surface area (Å²) in [5.74, 6) is 1.05. The van der Waals surface area contributed by atoms with Crippen LogP contribution in [0, 0.1) is 6.92 Å². The summed E-state index contributed by atoms with van der Waals surface area (Å²) in [6.07, 6.45) is 1.02. The highest BCUT2D eigenvalue weighted by Crippen LogP contribution is 2.22. The lowest BCUT2D eigenvalue weighted by atomic mass is 10.1. The van der Waals surface area contributed by atoms with Gasteiger partial charge in [0.15, 0.2) is 11.4 Å². The average molecular weight is 482 g/mol. The molecule has 0 aliphatic carbocycles. The maximum atomic E-state index is 11.7. The predicted octanol–water partition coefficient (Wildman–Crippen LogP) is 4.56. The van der Waals surface area contributed by atoms with Crippen molar-refractivity contribution in [2.45, 2.75) is 19.8 Å². The number of carboxylic acid groups (broad SMARTS) is 1. The Morgan fingerprint density at radius 1 is 1.00 bits per heavy atom. The van der Waals surface area contributed by atoms with Gasteiger partial charge >= 0.3 is 11.7 Å². The fourth-order valence-electron chi connectivity index (χ4n) is 3.98. The minimum atomic E-state index is -1.07. The lowest BCUT2D eigenvalue weighted by Gasteiger charge is -2.07. The molecule has 8 heteroatoms. The van der Waals surface area contributed by atoms with Crippen LogP contribution >= 0.6 is 0 Å². The minimum absolute atomic E-state index is 0.00275. The number of aromatic nitrogens is 4. The van der Waals surface area contributed by atoms with Crippen molar-refractivity contribution in [1.82, 2.24) is 15.3 Å². The van der Waals surface area contributed by atoms with Crippen LogP contribution in [-0.2, 0) is 12.8 Å². The summed E-state index contributed by atoms with van der Waals surface area (Å²) in [6.45, 7) is 2.37. The number of aromatic amines is 1. The van der Waals surface area contributed by atoms with Crippen molar-refractivity contribution >= 4 is 5.97 Å². The predicted molar refractivity (Wildman–Crippen MR) is 132 cm³/mol. The summed E-state index contributed by atoms with van der Waals surface area (Å²) in [7, 11) is 0. The zero-order valence-corrected chi connectivity index (χ0v) is 19.7. The summed E-state index contributed by atoms with van der Waals surface area (Å²) < 4.78 is 13.4. The number of H-pyrrole nitrogens is 1. The van der Waals surface area contributed by atoms with Crippen molar-refractivity contribution in [3.63, 3.8) is 0 Å². The first-order valence-corrected chi connectivity index (χ1v) is 11.6. The number of ether oxygens (including phenoxy) is 1. The molecule has 8 nitrogen and oxygen atoms in total. The van der Waals surface area contributed by atoms with Crippen LogP contribution in [0.5, 0.6) is 5.75 Å². The number of hydrogen-bond donors (Lipinski definition) is 2. The van der Waals surface area contributed by atoms with Gasteiger partial charge in [0.1, 0.15) is 11.5 Å². The van der Waals surface area contributed by atoms with Crippen LogP contribution in [0.25, 0.3) is 17.1 Å². The molecule has 0 atom stereocenters. The molecule has 0 amide bonds. The van der Waals surface area contributed by atoms with E-state index >= 15 is 0 Å². The van der Waals surface area contributed by atoms with Gasteiger partial charge in [-0.1, -0.05) is 53.7 Å². The van der Waals surface area contributed by atoms with Crippen LogP contribution < -0.4 is 9.42 Å². The van der Waals surface area contributed by atoms with E-state index in [4.69, 9.17) is 9.15 Å². The fraction of sp³-hybridized carbons (Fsp3) is 0.143. The molecular weight excluding hydrogens is 456 g/mol. The Bertz CT molecular complexity index is 1460.